The molecule has 28 heavy (non-hydrogen) atoms. The molecule has 2 aliphatic heterocycles. The van der Waals surface area contributed by atoms with Crippen molar-refractivity contribution >= 4 is 34.4 Å². The summed E-state index contributed by atoms with van der Waals surface area (Å²) in [7, 11) is 0. The molecule has 0 amide bonds. The fraction of sp³-hybridized carbons (Fsp3) is 0.478. The Balaban J connectivity index is 1.70. The van der Waals surface area contributed by atoms with Gasteiger partial charge in [-0.3, -0.25) is 9.80 Å². The first-order valence-corrected chi connectivity index (χ1v) is 12.1. The van der Waals surface area contributed by atoms with E-state index in [4.69, 9.17) is 0 Å². The number of rotatable bonds is 4. The molecule has 0 bridgehead atoms. The average molecular weight is 508 g/mol. The van der Waals surface area contributed by atoms with Crippen LogP contribution in [0.15, 0.2) is 46.2 Å². The molecule has 1 fully saturated rings. The monoisotopic (exact) mass is 508 g/mol. The number of hydrogen-bond acceptors (Lipinski definition) is 4. The van der Waals surface area contributed by atoms with Crippen LogP contribution in [0.4, 0.5) is 0 Å². The third-order valence-electron chi connectivity index (χ3n) is 5.98. The smallest absolute Gasteiger partial charge is 0.0558 e. The van der Waals surface area contributed by atoms with Crippen LogP contribution in [-0.2, 0) is 6.42 Å². The van der Waals surface area contributed by atoms with E-state index >= 15 is 0 Å². The molecule has 0 aromatic heterocycles. The van der Waals surface area contributed by atoms with Crippen molar-refractivity contribution in [2.24, 2.45) is 0 Å². The highest BCUT2D eigenvalue weighted by atomic mass is 127. The second-order valence-corrected chi connectivity index (χ2v) is 10.5. The van der Waals surface area contributed by atoms with Crippen molar-refractivity contribution < 1.29 is 5.11 Å². The number of aliphatic hydroxyl groups is 1. The zero-order valence-corrected chi connectivity index (χ0v) is 19.7. The number of hydrogen-bond donors (Lipinski definition) is 1. The van der Waals surface area contributed by atoms with Crippen LogP contribution >= 0.6 is 34.4 Å². The fourth-order valence-corrected chi connectivity index (χ4v) is 5.94. The van der Waals surface area contributed by atoms with E-state index in [1.807, 2.05) is 11.8 Å². The van der Waals surface area contributed by atoms with Crippen LogP contribution < -0.4 is 0 Å². The van der Waals surface area contributed by atoms with Crippen LogP contribution in [0.1, 0.15) is 42.5 Å². The number of halogens is 1. The molecule has 1 saturated heterocycles. The van der Waals surface area contributed by atoms with E-state index in [0.29, 0.717) is 12.0 Å². The van der Waals surface area contributed by atoms with Gasteiger partial charge in [0, 0.05) is 52.1 Å². The molecular formula is C23H29IN2OS. The highest BCUT2D eigenvalue weighted by Gasteiger charge is 2.30. The number of aliphatic hydroxyl groups excluding tert-OH is 1. The number of benzene rings is 2. The van der Waals surface area contributed by atoms with Gasteiger partial charge in [-0.15, -0.1) is 0 Å². The first kappa shape index (κ1) is 20.7. The van der Waals surface area contributed by atoms with E-state index in [1.54, 1.807) is 0 Å². The molecule has 3 nitrogen and oxygen atoms in total. The van der Waals surface area contributed by atoms with Crippen molar-refractivity contribution in [2.75, 3.05) is 39.3 Å². The van der Waals surface area contributed by atoms with Gasteiger partial charge in [-0.05, 0) is 75.9 Å². The summed E-state index contributed by atoms with van der Waals surface area (Å²) in [6, 6.07) is 14.4. The molecule has 0 radical (unpaired) electrons. The Hall–Kier alpha value is -0.600. The normalized spacial score (nSPS) is 20.7. The summed E-state index contributed by atoms with van der Waals surface area (Å²) in [4.78, 5) is 7.86. The highest BCUT2D eigenvalue weighted by molar-refractivity contribution is 14.1. The lowest BCUT2D eigenvalue weighted by Crippen LogP contribution is -2.48. The van der Waals surface area contributed by atoms with E-state index in [2.05, 4.69) is 82.6 Å². The van der Waals surface area contributed by atoms with E-state index in [-0.39, 0.29) is 6.61 Å². The van der Waals surface area contributed by atoms with Gasteiger partial charge in [0.2, 0.25) is 0 Å². The summed E-state index contributed by atoms with van der Waals surface area (Å²) in [6.07, 6.45) is 1.08. The third kappa shape index (κ3) is 4.43. The molecule has 2 heterocycles. The van der Waals surface area contributed by atoms with E-state index < -0.39 is 0 Å². The highest BCUT2D eigenvalue weighted by Crippen LogP contribution is 2.44. The lowest BCUT2D eigenvalue weighted by molar-refractivity contribution is 0.0823. The summed E-state index contributed by atoms with van der Waals surface area (Å²) in [5.41, 5.74) is 4.41. The number of nitrogens with zero attached hydrogens (tertiary/aromatic N) is 2. The molecule has 0 unspecified atom stereocenters. The van der Waals surface area contributed by atoms with Gasteiger partial charge in [0.1, 0.15) is 0 Å². The predicted molar refractivity (Wildman–Crippen MR) is 125 cm³/mol. The Bertz CT molecular complexity index is 833. The first-order chi connectivity index (χ1) is 13.5. The predicted octanol–water partition coefficient (Wildman–Crippen LogP) is 4.77. The molecule has 1 atom stereocenters. The quantitative estimate of drug-likeness (QED) is 0.602. The standard InChI is InChI=1S/C23H29IN2OS/c1-16(2)17-3-5-23-20(14-17)21(26-9-7-25(8-10-26)11-12-27)15-18-13-19(24)4-6-22(18)28-23/h3-6,13-14,16,21,27H,7-12,15H2,1-2H3/t21-/m0/s1. The van der Waals surface area contributed by atoms with Crippen LogP contribution in [0, 0.1) is 3.57 Å². The Kier molecular flexibility index (Phi) is 6.67. The minimum absolute atomic E-state index is 0.256. The van der Waals surface area contributed by atoms with Crippen LogP contribution in [0.25, 0.3) is 0 Å². The molecular weight excluding hydrogens is 479 g/mol. The molecule has 2 aromatic carbocycles. The van der Waals surface area contributed by atoms with Gasteiger partial charge in [-0.2, -0.15) is 0 Å². The maximum atomic E-state index is 9.26. The van der Waals surface area contributed by atoms with Crippen molar-refractivity contribution in [1.29, 1.82) is 0 Å². The summed E-state index contributed by atoms with van der Waals surface area (Å²) in [5, 5.41) is 9.26. The maximum Gasteiger partial charge on any atom is 0.0558 e. The SMILES string of the molecule is CC(C)c1ccc2c(c1)[C@@H](N1CCN(CCO)CC1)Cc1cc(I)ccc1S2. The zero-order chi connectivity index (χ0) is 19.7. The minimum atomic E-state index is 0.256. The Labute approximate surface area is 186 Å². The van der Waals surface area contributed by atoms with Crippen LogP contribution in [0.5, 0.6) is 0 Å². The van der Waals surface area contributed by atoms with E-state index in [1.165, 1.54) is 30.1 Å². The van der Waals surface area contributed by atoms with Crippen LogP contribution in [-0.4, -0.2) is 54.2 Å². The molecule has 2 aliphatic rings. The van der Waals surface area contributed by atoms with Crippen LogP contribution in [0.3, 0.4) is 0 Å². The number of piperazine rings is 1. The Morgan fingerprint density at radius 3 is 2.54 bits per heavy atom. The molecule has 0 saturated carbocycles. The third-order valence-corrected chi connectivity index (χ3v) is 7.86. The van der Waals surface area contributed by atoms with Gasteiger partial charge in [-0.25, -0.2) is 0 Å². The summed E-state index contributed by atoms with van der Waals surface area (Å²) < 4.78 is 1.32. The second kappa shape index (κ2) is 9.04. The van der Waals surface area contributed by atoms with Crippen molar-refractivity contribution in [2.45, 2.75) is 42.0 Å². The van der Waals surface area contributed by atoms with E-state index in [9.17, 15) is 5.11 Å². The first-order valence-electron chi connectivity index (χ1n) is 10.2. The summed E-state index contributed by atoms with van der Waals surface area (Å²) >= 11 is 4.37. The largest absolute Gasteiger partial charge is 0.395 e. The molecule has 2 aromatic rings. The molecule has 150 valence electrons. The summed E-state index contributed by atoms with van der Waals surface area (Å²) in [5.74, 6) is 0.545. The van der Waals surface area contributed by atoms with Gasteiger partial charge in [0.05, 0.1) is 6.61 Å². The zero-order valence-electron chi connectivity index (χ0n) is 16.7. The van der Waals surface area contributed by atoms with Crippen molar-refractivity contribution in [3.8, 4) is 0 Å². The molecule has 0 spiro atoms. The number of β-amino-alcohol motifs (C(OH)–C–C–N with tert-alkyl or cyclic N) is 1. The minimum Gasteiger partial charge on any atom is -0.395 e. The Morgan fingerprint density at radius 1 is 1.07 bits per heavy atom. The lowest BCUT2D eigenvalue weighted by Gasteiger charge is -2.39. The molecule has 5 heteroatoms. The van der Waals surface area contributed by atoms with Gasteiger partial charge in [0.25, 0.3) is 0 Å². The maximum absolute atomic E-state index is 9.26. The van der Waals surface area contributed by atoms with Gasteiger partial charge < -0.3 is 5.11 Å². The van der Waals surface area contributed by atoms with Crippen molar-refractivity contribution in [3.63, 3.8) is 0 Å². The summed E-state index contributed by atoms with van der Waals surface area (Å²) in [6.45, 7) is 9.84. The van der Waals surface area contributed by atoms with Crippen LogP contribution in [0.2, 0.25) is 0 Å². The topological polar surface area (TPSA) is 26.7 Å². The van der Waals surface area contributed by atoms with Gasteiger partial charge >= 0.3 is 0 Å². The van der Waals surface area contributed by atoms with E-state index in [0.717, 1.165) is 39.1 Å². The molecule has 4 rings (SSSR count). The molecule has 1 N–H and O–H groups in total. The lowest BCUT2D eigenvalue weighted by atomic mass is 9.93. The average Bonchev–Trinajstić information content (AvgIpc) is 2.84. The van der Waals surface area contributed by atoms with Gasteiger partial charge in [-0.1, -0.05) is 37.7 Å². The second-order valence-electron chi connectivity index (χ2n) is 8.13. The number of fused-ring (bicyclic) bond motifs is 2. The van der Waals surface area contributed by atoms with Crippen molar-refractivity contribution in [1.82, 2.24) is 9.80 Å². The molecule has 0 aliphatic carbocycles. The van der Waals surface area contributed by atoms with Crippen molar-refractivity contribution in [3.05, 3.63) is 56.7 Å². The Morgan fingerprint density at radius 2 is 1.82 bits per heavy atom. The van der Waals surface area contributed by atoms with Gasteiger partial charge in [0.15, 0.2) is 0 Å². The fourth-order valence-electron chi connectivity index (χ4n) is 4.29.